The third-order valence-electron chi connectivity index (χ3n) is 3.40. The molecule has 2 nitrogen and oxygen atoms in total. The summed E-state index contributed by atoms with van der Waals surface area (Å²) in [5, 5.41) is 0. The van der Waals surface area contributed by atoms with Crippen LogP contribution in [0.25, 0.3) is 0 Å². The van der Waals surface area contributed by atoms with Gasteiger partial charge in [0, 0.05) is 12.0 Å². The van der Waals surface area contributed by atoms with Crippen molar-refractivity contribution < 1.29 is 4.79 Å². The van der Waals surface area contributed by atoms with Crippen molar-refractivity contribution in [2.75, 3.05) is 20.6 Å². The number of carbonyl (C=O) groups excluding carboxylic acids is 1. The first-order valence-electron chi connectivity index (χ1n) is 6.38. The molecule has 0 aromatic heterocycles. The second kappa shape index (κ2) is 5.62. The van der Waals surface area contributed by atoms with Crippen LogP contribution < -0.4 is 0 Å². The van der Waals surface area contributed by atoms with Gasteiger partial charge in [0.25, 0.3) is 0 Å². The lowest BCUT2D eigenvalue weighted by Gasteiger charge is -2.25. The first-order valence-corrected chi connectivity index (χ1v) is 6.38. The number of allylic oxidation sites excluding steroid dienone is 2. The number of hydrogen-bond acceptors (Lipinski definition) is 2. The smallest absolute Gasteiger partial charge is 0.165 e. The van der Waals surface area contributed by atoms with Crippen LogP contribution in [0.15, 0.2) is 11.6 Å². The van der Waals surface area contributed by atoms with Crippen molar-refractivity contribution >= 4 is 5.78 Å². The highest BCUT2D eigenvalue weighted by Crippen LogP contribution is 2.38. The lowest BCUT2D eigenvalue weighted by Crippen LogP contribution is -2.34. The van der Waals surface area contributed by atoms with Gasteiger partial charge in [0.1, 0.15) is 0 Å². The van der Waals surface area contributed by atoms with Gasteiger partial charge >= 0.3 is 0 Å². The van der Waals surface area contributed by atoms with Crippen molar-refractivity contribution in [1.29, 1.82) is 0 Å². The molecule has 1 saturated carbocycles. The summed E-state index contributed by atoms with van der Waals surface area (Å²) in [6.07, 6.45) is 7.63. The van der Waals surface area contributed by atoms with Crippen molar-refractivity contribution in [3.8, 4) is 0 Å². The SMILES string of the molecule is CCCC/C=C1/CCC(C)(CN(C)C)C1=O. The molecule has 0 aliphatic heterocycles. The molecule has 1 rings (SSSR count). The predicted molar refractivity (Wildman–Crippen MR) is 68.5 cm³/mol. The highest BCUT2D eigenvalue weighted by Gasteiger charge is 2.40. The van der Waals surface area contributed by atoms with Crippen LogP contribution in [-0.4, -0.2) is 31.3 Å². The number of ketones is 1. The van der Waals surface area contributed by atoms with Crippen molar-refractivity contribution in [2.45, 2.75) is 46.0 Å². The van der Waals surface area contributed by atoms with Gasteiger partial charge in [-0.05, 0) is 38.9 Å². The van der Waals surface area contributed by atoms with Crippen LogP contribution in [0.3, 0.4) is 0 Å². The molecule has 1 unspecified atom stereocenters. The van der Waals surface area contributed by atoms with Gasteiger partial charge in [-0.25, -0.2) is 0 Å². The van der Waals surface area contributed by atoms with E-state index in [4.69, 9.17) is 0 Å². The van der Waals surface area contributed by atoms with Crippen molar-refractivity contribution in [1.82, 2.24) is 4.90 Å². The molecule has 0 aromatic rings. The fourth-order valence-corrected chi connectivity index (χ4v) is 2.55. The Morgan fingerprint density at radius 3 is 2.69 bits per heavy atom. The summed E-state index contributed by atoms with van der Waals surface area (Å²) < 4.78 is 0. The maximum atomic E-state index is 12.3. The number of hydrogen-bond donors (Lipinski definition) is 0. The zero-order chi connectivity index (χ0) is 12.2. The Labute approximate surface area is 99.7 Å². The highest BCUT2D eigenvalue weighted by molar-refractivity contribution is 6.02. The minimum atomic E-state index is -0.137. The summed E-state index contributed by atoms with van der Waals surface area (Å²) in [6.45, 7) is 5.16. The first-order chi connectivity index (χ1) is 7.49. The molecule has 0 amide bonds. The van der Waals surface area contributed by atoms with Crippen LogP contribution in [0, 0.1) is 5.41 Å². The normalized spacial score (nSPS) is 28.3. The quantitative estimate of drug-likeness (QED) is 0.527. The third kappa shape index (κ3) is 3.18. The van der Waals surface area contributed by atoms with Gasteiger partial charge in [-0.3, -0.25) is 4.79 Å². The van der Waals surface area contributed by atoms with E-state index in [1.807, 2.05) is 14.1 Å². The van der Waals surface area contributed by atoms with Crippen molar-refractivity contribution in [3.63, 3.8) is 0 Å². The van der Waals surface area contributed by atoms with Crippen LogP contribution in [0.5, 0.6) is 0 Å². The van der Waals surface area contributed by atoms with E-state index in [1.54, 1.807) is 0 Å². The van der Waals surface area contributed by atoms with Crippen molar-refractivity contribution in [3.05, 3.63) is 11.6 Å². The number of rotatable bonds is 5. The summed E-state index contributed by atoms with van der Waals surface area (Å²) >= 11 is 0. The van der Waals surface area contributed by atoms with E-state index in [2.05, 4.69) is 24.8 Å². The molecule has 2 heteroatoms. The molecule has 0 heterocycles. The third-order valence-corrected chi connectivity index (χ3v) is 3.40. The molecule has 0 spiro atoms. The topological polar surface area (TPSA) is 20.3 Å². The number of unbranched alkanes of at least 4 members (excludes halogenated alkanes) is 2. The molecule has 0 radical (unpaired) electrons. The molecule has 1 fully saturated rings. The summed E-state index contributed by atoms with van der Waals surface area (Å²) in [5.41, 5.74) is 0.944. The molecule has 0 N–H and O–H groups in total. The maximum Gasteiger partial charge on any atom is 0.165 e. The largest absolute Gasteiger partial charge is 0.308 e. The van der Waals surface area contributed by atoms with Gasteiger partial charge in [-0.2, -0.15) is 0 Å². The zero-order valence-electron chi connectivity index (χ0n) is 11.2. The van der Waals surface area contributed by atoms with E-state index in [9.17, 15) is 4.79 Å². The molecule has 0 bridgehead atoms. The minimum absolute atomic E-state index is 0.137. The lowest BCUT2D eigenvalue weighted by molar-refractivity contribution is -0.122. The maximum absolute atomic E-state index is 12.3. The van der Waals surface area contributed by atoms with Gasteiger partial charge in [0.2, 0.25) is 0 Å². The Hall–Kier alpha value is -0.630. The van der Waals surface area contributed by atoms with Gasteiger partial charge in [-0.15, -0.1) is 0 Å². The Kier molecular flexibility index (Phi) is 4.72. The van der Waals surface area contributed by atoms with Crippen LogP contribution >= 0.6 is 0 Å². The van der Waals surface area contributed by atoms with E-state index < -0.39 is 0 Å². The summed E-state index contributed by atoms with van der Waals surface area (Å²) in [6, 6.07) is 0. The van der Waals surface area contributed by atoms with Gasteiger partial charge in [0.15, 0.2) is 5.78 Å². The lowest BCUT2D eigenvalue weighted by atomic mass is 9.86. The zero-order valence-corrected chi connectivity index (χ0v) is 11.2. The second-order valence-corrected chi connectivity index (χ2v) is 5.50. The average Bonchev–Trinajstić information content (AvgIpc) is 2.45. The number of carbonyl (C=O) groups is 1. The van der Waals surface area contributed by atoms with Crippen molar-refractivity contribution in [2.24, 2.45) is 5.41 Å². The molecule has 1 atom stereocenters. The highest BCUT2D eigenvalue weighted by atomic mass is 16.1. The molecule has 0 aromatic carbocycles. The van der Waals surface area contributed by atoms with Crippen LogP contribution in [-0.2, 0) is 4.79 Å². The minimum Gasteiger partial charge on any atom is -0.308 e. The Morgan fingerprint density at radius 2 is 2.12 bits per heavy atom. The number of nitrogens with zero attached hydrogens (tertiary/aromatic N) is 1. The van der Waals surface area contributed by atoms with Gasteiger partial charge in [-0.1, -0.05) is 32.8 Å². The van der Waals surface area contributed by atoms with E-state index in [0.717, 1.165) is 31.4 Å². The molecule has 1 aliphatic carbocycles. The summed E-state index contributed by atoms with van der Waals surface area (Å²) in [4.78, 5) is 14.4. The Balaban J connectivity index is 2.62. The van der Waals surface area contributed by atoms with E-state index in [1.165, 1.54) is 12.8 Å². The Morgan fingerprint density at radius 1 is 1.44 bits per heavy atom. The molecule has 0 saturated heterocycles. The second-order valence-electron chi connectivity index (χ2n) is 5.50. The molecule has 1 aliphatic rings. The molecular weight excluding hydrogens is 198 g/mol. The van der Waals surface area contributed by atoms with Gasteiger partial charge in [0.05, 0.1) is 0 Å². The molecule has 16 heavy (non-hydrogen) atoms. The standard InChI is InChI=1S/C14H25NO/c1-5-6-7-8-12-9-10-14(2,13(12)16)11-15(3)4/h8H,5-7,9-11H2,1-4H3/b12-8-. The number of Topliss-reactive ketones (excluding diaryl/α,β-unsaturated/α-hetero) is 1. The Bertz CT molecular complexity index is 280. The van der Waals surface area contributed by atoms with E-state index >= 15 is 0 Å². The van der Waals surface area contributed by atoms with Crippen LogP contribution in [0.4, 0.5) is 0 Å². The summed E-state index contributed by atoms with van der Waals surface area (Å²) in [5.74, 6) is 0.386. The van der Waals surface area contributed by atoms with Crippen LogP contribution in [0.1, 0.15) is 46.0 Å². The molecular formula is C14H25NO. The van der Waals surface area contributed by atoms with E-state index in [0.29, 0.717) is 5.78 Å². The predicted octanol–water partition coefficient (Wildman–Crippen LogP) is 3.03. The fraction of sp³-hybridized carbons (Fsp3) is 0.786. The fourth-order valence-electron chi connectivity index (χ4n) is 2.55. The van der Waals surface area contributed by atoms with E-state index in [-0.39, 0.29) is 5.41 Å². The van der Waals surface area contributed by atoms with Crippen LogP contribution in [0.2, 0.25) is 0 Å². The monoisotopic (exact) mass is 223 g/mol. The molecule has 92 valence electrons. The first kappa shape index (κ1) is 13.4. The average molecular weight is 223 g/mol. The summed E-state index contributed by atoms with van der Waals surface area (Å²) in [7, 11) is 4.08. The van der Waals surface area contributed by atoms with Gasteiger partial charge < -0.3 is 4.90 Å².